The summed E-state index contributed by atoms with van der Waals surface area (Å²) >= 11 is 1.89. The molecule has 0 aliphatic heterocycles. The van der Waals surface area contributed by atoms with Crippen LogP contribution in [0.25, 0.3) is 64.8 Å². The lowest BCUT2D eigenvalue weighted by molar-refractivity contribution is 1.33. The van der Waals surface area contributed by atoms with Crippen molar-refractivity contribution in [2.45, 2.75) is 0 Å². The second-order valence-corrected chi connectivity index (χ2v) is 10.2. The molecule has 7 aromatic rings. The van der Waals surface area contributed by atoms with Gasteiger partial charge in [-0.2, -0.15) is 0 Å². The highest BCUT2D eigenvalue weighted by Crippen LogP contribution is 2.45. The first-order valence-corrected chi connectivity index (χ1v) is 13.3. The Labute approximate surface area is 220 Å². The molecule has 1 nitrogen and oxygen atoms in total. The lowest BCUT2D eigenvalue weighted by Crippen LogP contribution is -1.88. The number of hydrogen-bond donors (Lipinski definition) is 0. The molecule has 0 atom stereocenters. The molecule has 5 aromatic carbocycles. The van der Waals surface area contributed by atoms with Gasteiger partial charge in [0.05, 0.1) is 5.69 Å². The molecule has 0 radical (unpaired) electrons. The Morgan fingerprint density at radius 3 is 1.62 bits per heavy atom. The van der Waals surface area contributed by atoms with Crippen molar-refractivity contribution in [3.05, 3.63) is 140 Å². The van der Waals surface area contributed by atoms with Crippen LogP contribution in [0.2, 0.25) is 0 Å². The first kappa shape index (κ1) is 21.7. The highest BCUT2D eigenvalue weighted by molar-refractivity contribution is 7.26. The van der Waals surface area contributed by atoms with Gasteiger partial charge >= 0.3 is 0 Å². The summed E-state index contributed by atoms with van der Waals surface area (Å²) in [6, 6.07) is 47.4. The molecular weight excluding hydrogens is 466 g/mol. The maximum Gasteiger partial charge on any atom is 0.0702 e. The molecule has 0 aliphatic rings. The molecule has 2 aromatic heterocycles. The van der Waals surface area contributed by atoms with Gasteiger partial charge in [0.2, 0.25) is 0 Å². The lowest BCUT2D eigenvalue weighted by Gasteiger charge is -2.11. The third kappa shape index (κ3) is 3.83. The monoisotopic (exact) mass is 489 g/mol. The SMILES string of the molecule is c1ccc(-c2ccc(-c3ccccc3-c3cccc4c3sc3c(-c5ccccc5)cccc34)cn2)cc1. The molecule has 2 heteroatoms. The molecule has 0 fully saturated rings. The van der Waals surface area contributed by atoms with Crippen LogP contribution in [-0.2, 0) is 0 Å². The first-order chi connectivity index (χ1) is 18.4. The minimum absolute atomic E-state index is 0.988. The Hall–Kier alpha value is -4.53. The average Bonchev–Trinajstić information content (AvgIpc) is 3.37. The van der Waals surface area contributed by atoms with Crippen LogP contribution in [-0.4, -0.2) is 4.98 Å². The summed E-state index contributed by atoms with van der Waals surface area (Å²) < 4.78 is 2.66. The van der Waals surface area contributed by atoms with Crippen molar-refractivity contribution in [1.29, 1.82) is 0 Å². The summed E-state index contributed by atoms with van der Waals surface area (Å²) in [7, 11) is 0. The molecule has 0 unspecified atom stereocenters. The third-order valence-corrected chi connectivity index (χ3v) is 8.26. The first-order valence-electron chi connectivity index (χ1n) is 12.5. The number of nitrogens with zero attached hydrogens (tertiary/aromatic N) is 1. The smallest absolute Gasteiger partial charge is 0.0702 e. The van der Waals surface area contributed by atoms with Gasteiger partial charge in [0.15, 0.2) is 0 Å². The standard InChI is InChI=1S/C35H23NS/c1-3-11-24(12-4-1)28-17-9-19-31-32-20-10-18-30(35(32)37-34(28)31)29-16-8-7-15-27(29)26-21-22-33(36-23-26)25-13-5-2-6-14-25/h1-23H. The zero-order chi connectivity index (χ0) is 24.6. The zero-order valence-electron chi connectivity index (χ0n) is 20.1. The second kappa shape index (κ2) is 9.16. The minimum Gasteiger partial charge on any atom is -0.256 e. The third-order valence-electron chi connectivity index (χ3n) is 6.97. The van der Waals surface area contributed by atoms with Crippen molar-refractivity contribution in [1.82, 2.24) is 4.98 Å². The van der Waals surface area contributed by atoms with Gasteiger partial charge < -0.3 is 0 Å². The van der Waals surface area contributed by atoms with Crippen molar-refractivity contribution in [2.75, 3.05) is 0 Å². The van der Waals surface area contributed by atoms with Gasteiger partial charge in [0.1, 0.15) is 0 Å². The highest BCUT2D eigenvalue weighted by Gasteiger charge is 2.16. The fourth-order valence-electron chi connectivity index (χ4n) is 5.18. The number of pyridine rings is 1. The van der Waals surface area contributed by atoms with E-state index in [1.807, 2.05) is 23.6 Å². The number of hydrogen-bond acceptors (Lipinski definition) is 2. The van der Waals surface area contributed by atoms with Crippen LogP contribution in [0.15, 0.2) is 140 Å². The van der Waals surface area contributed by atoms with Gasteiger partial charge in [-0.1, -0.05) is 127 Å². The summed E-state index contributed by atoms with van der Waals surface area (Å²) in [6.07, 6.45) is 2.00. The van der Waals surface area contributed by atoms with E-state index in [-0.39, 0.29) is 0 Å². The summed E-state index contributed by atoms with van der Waals surface area (Å²) in [5, 5.41) is 2.62. The molecule has 0 saturated carbocycles. The van der Waals surface area contributed by atoms with Gasteiger partial charge in [0, 0.05) is 43.1 Å². The molecule has 0 bridgehead atoms. The fourth-order valence-corrected chi connectivity index (χ4v) is 6.54. The summed E-state index contributed by atoms with van der Waals surface area (Å²) in [5.41, 5.74) is 9.48. The van der Waals surface area contributed by atoms with Crippen molar-refractivity contribution >= 4 is 31.5 Å². The fraction of sp³-hybridized carbons (Fsp3) is 0. The quantitative estimate of drug-likeness (QED) is 0.240. The Morgan fingerprint density at radius 1 is 0.378 bits per heavy atom. The molecule has 0 amide bonds. The number of rotatable bonds is 4. The van der Waals surface area contributed by atoms with Crippen molar-refractivity contribution < 1.29 is 0 Å². The highest BCUT2D eigenvalue weighted by atomic mass is 32.1. The maximum atomic E-state index is 4.80. The van der Waals surface area contributed by atoms with Gasteiger partial charge in [-0.15, -0.1) is 11.3 Å². The molecule has 174 valence electrons. The maximum absolute atomic E-state index is 4.80. The van der Waals surface area contributed by atoms with E-state index < -0.39 is 0 Å². The van der Waals surface area contributed by atoms with E-state index in [0.717, 1.165) is 16.8 Å². The Bertz CT molecular complexity index is 1850. The molecule has 0 N–H and O–H groups in total. The second-order valence-electron chi connectivity index (χ2n) is 9.18. The Balaban J connectivity index is 1.39. The van der Waals surface area contributed by atoms with Crippen LogP contribution in [0.4, 0.5) is 0 Å². The Kier molecular flexibility index (Phi) is 5.38. The Morgan fingerprint density at radius 2 is 0.946 bits per heavy atom. The van der Waals surface area contributed by atoms with E-state index in [2.05, 4.69) is 127 Å². The largest absolute Gasteiger partial charge is 0.256 e. The lowest BCUT2D eigenvalue weighted by atomic mass is 9.94. The summed E-state index contributed by atoms with van der Waals surface area (Å²) in [5.74, 6) is 0. The molecule has 0 spiro atoms. The molecule has 0 saturated heterocycles. The van der Waals surface area contributed by atoms with Crippen LogP contribution in [0.3, 0.4) is 0 Å². The van der Waals surface area contributed by atoms with E-state index in [0.29, 0.717) is 0 Å². The number of benzene rings is 5. The van der Waals surface area contributed by atoms with Gasteiger partial charge in [0.25, 0.3) is 0 Å². The number of fused-ring (bicyclic) bond motifs is 3. The molecule has 2 heterocycles. The normalized spacial score (nSPS) is 11.2. The van der Waals surface area contributed by atoms with Crippen LogP contribution < -0.4 is 0 Å². The van der Waals surface area contributed by atoms with E-state index in [9.17, 15) is 0 Å². The van der Waals surface area contributed by atoms with Crippen molar-refractivity contribution in [2.24, 2.45) is 0 Å². The molecule has 37 heavy (non-hydrogen) atoms. The summed E-state index contributed by atoms with van der Waals surface area (Å²) in [6.45, 7) is 0. The summed E-state index contributed by atoms with van der Waals surface area (Å²) in [4.78, 5) is 4.80. The molecular formula is C35H23NS. The van der Waals surface area contributed by atoms with Gasteiger partial charge in [-0.3, -0.25) is 4.98 Å². The molecule has 0 aliphatic carbocycles. The minimum atomic E-state index is 0.988. The zero-order valence-corrected chi connectivity index (χ0v) is 21.0. The van der Waals surface area contributed by atoms with Crippen LogP contribution in [0.5, 0.6) is 0 Å². The molecule has 7 rings (SSSR count). The van der Waals surface area contributed by atoms with E-state index in [4.69, 9.17) is 4.98 Å². The van der Waals surface area contributed by atoms with E-state index >= 15 is 0 Å². The van der Waals surface area contributed by atoms with Crippen molar-refractivity contribution in [3.8, 4) is 44.6 Å². The topological polar surface area (TPSA) is 12.9 Å². The number of thiophene rings is 1. The average molecular weight is 490 g/mol. The van der Waals surface area contributed by atoms with Gasteiger partial charge in [-0.25, -0.2) is 0 Å². The van der Waals surface area contributed by atoms with Crippen LogP contribution >= 0.6 is 11.3 Å². The van der Waals surface area contributed by atoms with Crippen LogP contribution in [0.1, 0.15) is 0 Å². The number of aromatic nitrogens is 1. The van der Waals surface area contributed by atoms with Crippen LogP contribution in [0, 0.1) is 0 Å². The van der Waals surface area contributed by atoms with Gasteiger partial charge in [-0.05, 0) is 28.3 Å². The predicted molar refractivity (Wildman–Crippen MR) is 159 cm³/mol. The van der Waals surface area contributed by atoms with Crippen molar-refractivity contribution in [3.63, 3.8) is 0 Å². The van der Waals surface area contributed by atoms with E-state index in [1.54, 1.807) is 0 Å². The van der Waals surface area contributed by atoms with E-state index in [1.165, 1.54) is 48.0 Å². The predicted octanol–water partition coefficient (Wildman–Crippen LogP) is 10.1.